The van der Waals surface area contributed by atoms with Crippen molar-refractivity contribution < 1.29 is 0 Å². The highest BCUT2D eigenvalue weighted by atomic mass is 79.9. The molecule has 96 valence electrons. The largest absolute Gasteiger partial charge is 0.309 e. The molecule has 1 aromatic heterocycles. The summed E-state index contributed by atoms with van der Waals surface area (Å²) < 4.78 is 2.01. The van der Waals surface area contributed by atoms with Crippen LogP contribution in [-0.2, 0) is 6.42 Å². The van der Waals surface area contributed by atoms with E-state index in [0.29, 0.717) is 6.04 Å². The SMILES string of the molecule is CCNC(Cc1ccccc1Br)c1ccc(Cl)s1. The molecule has 1 nitrogen and oxygen atoms in total. The van der Waals surface area contributed by atoms with Gasteiger partial charge in [-0.1, -0.05) is 52.7 Å². The summed E-state index contributed by atoms with van der Waals surface area (Å²) in [4.78, 5) is 1.29. The highest BCUT2D eigenvalue weighted by Crippen LogP contribution is 2.30. The molecule has 0 saturated heterocycles. The van der Waals surface area contributed by atoms with Gasteiger partial charge in [-0.15, -0.1) is 11.3 Å². The Balaban J connectivity index is 2.19. The van der Waals surface area contributed by atoms with E-state index in [0.717, 1.165) is 21.8 Å². The van der Waals surface area contributed by atoms with Crippen LogP contribution in [0.4, 0.5) is 0 Å². The molecule has 1 atom stereocenters. The zero-order valence-electron chi connectivity index (χ0n) is 10.1. The van der Waals surface area contributed by atoms with Gasteiger partial charge in [0.2, 0.25) is 0 Å². The minimum atomic E-state index is 0.325. The molecule has 0 aliphatic heterocycles. The van der Waals surface area contributed by atoms with E-state index in [1.165, 1.54) is 10.4 Å². The summed E-state index contributed by atoms with van der Waals surface area (Å²) in [5.41, 5.74) is 1.31. The summed E-state index contributed by atoms with van der Waals surface area (Å²) in [7, 11) is 0. The Morgan fingerprint density at radius 1 is 1.28 bits per heavy atom. The predicted molar refractivity (Wildman–Crippen MR) is 83.6 cm³/mol. The molecule has 0 aliphatic rings. The number of halogens is 2. The van der Waals surface area contributed by atoms with Gasteiger partial charge in [-0.2, -0.15) is 0 Å². The molecule has 1 aromatic carbocycles. The van der Waals surface area contributed by atoms with Crippen molar-refractivity contribution in [1.29, 1.82) is 0 Å². The maximum atomic E-state index is 6.02. The lowest BCUT2D eigenvalue weighted by atomic mass is 10.0. The molecule has 0 spiro atoms. The molecular weight excluding hydrogens is 330 g/mol. The minimum absolute atomic E-state index is 0.325. The van der Waals surface area contributed by atoms with E-state index in [2.05, 4.69) is 52.4 Å². The molecule has 0 amide bonds. The molecule has 0 saturated carbocycles. The second-order valence-corrected chi connectivity index (χ2v) is 6.65. The van der Waals surface area contributed by atoms with Gasteiger partial charge in [0.1, 0.15) is 0 Å². The topological polar surface area (TPSA) is 12.0 Å². The number of hydrogen-bond acceptors (Lipinski definition) is 2. The van der Waals surface area contributed by atoms with Gasteiger partial charge in [0.25, 0.3) is 0 Å². The zero-order valence-corrected chi connectivity index (χ0v) is 13.3. The second-order valence-electron chi connectivity index (χ2n) is 4.05. The van der Waals surface area contributed by atoms with E-state index < -0.39 is 0 Å². The molecular formula is C14H15BrClNS. The van der Waals surface area contributed by atoms with Crippen LogP contribution in [0.15, 0.2) is 40.9 Å². The van der Waals surface area contributed by atoms with Gasteiger partial charge >= 0.3 is 0 Å². The fraction of sp³-hybridized carbons (Fsp3) is 0.286. The first kappa shape index (κ1) is 14.1. The third-order valence-electron chi connectivity index (χ3n) is 2.77. The molecule has 1 heterocycles. The molecule has 1 unspecified atom stereocenters. The lowest BCUT2D eigenvalue weighted by molar-refractivity contribution is 0.557. The maximum absolute atomic E-state index is 6.02. The van der Waals surface area contributed by atoms with E-state index in [-0.39, 0.29) is 0 Å². The van der Waals surface area contributed by atoms with Crippen molar-refractivity contribution in [3.8, 4) is 0 Å². The summed E-state index contributed by atoms with van der Waals surface area (Å²) in [5, 5.41) is 3.52. The number of rotatable bonds is 5. The minimum Gasteiger partial charge on any atom is -0.309 e. The average Bonchev–Trinajstić information content (AvgIpc) is 2.78. The van der Waals surface area contributed by atoms with Crippen LogP contribution in [0.3, 0.4) is 0 Å². The van der Waals surface area contributed by atoms with E-state index >= 15 is 0 Å². The molecule has 1 N–H and O–H groups in total. The lowest BCUT2D eigenvalue weighted by Gasteiger charge is -2.17. The highest BCUT2D eigenvalue weighted by molar-refractivity contribution is 9.10. The van der Waals surface area contributed by atoms with Crippen LogP contribution >= 0.6 is 38.9 Å². The number of hydrogen-bond donors (Lipinski definition) is 1. The fourth-order valence-corrected chi connectivity index (χ4v) is 3.50. The van der Waals surface area contributed by atoms with Crippen molar-refractivity contribution in [2.45, 2.75) is 19.4 Å². The summed E-state index contributed by atoms with van der Waals surface area (Å²) in [6.07, 6.45) is 0.964. The quantitative estimate of drug-likeness (QED) is 0.799. The van der Waals surface area contributed by atoms with Crippen molar-refractivity contribution in [1.82, 2.24) is 5.32 Å². The molecule has 0 bridgehead atoms. The van der Waals surface area contributed by atoms with Crippen molar-refractivity contribution in [2.75, 3.05) is 6.54 Å². The first-order valence-corrected chi connectivity index (χ1v) is 7.91. The van der Waals surface area contributed by atoms with Crippen LogP contribution in [0.1, 0.15) is 23.4 Å². The molecule has 18 heavy (non-hydrogen) atoms. The van der Waals surface area contributed by atoms with Crippen molar-refractivity contribution in [3.63, 3.8) is 0 Å². The Morgan fingerprint density at radius 2 is 2.06 bits per heavy atom. The highest BCUT2D eigenvalue weighted by Gasteiger charge is 2.14. The maximum Gasteiger partial charge on any atom is 0.0931 e. The Kier molecular flexibility index (Phi) is 5.25. The third kappa shape index (κ3) is 3.58. The van der Waals surface area contributed by atoms with Crippen LogP contribution in [0.2, 0.25) is 4.34 Å². The number of nitrogens with one attached hydrogen (secondary N) is 1. The first-order valence-electron chi connectivity index (χ1n) is 5.92. The lowest BCUT2D eigenvalue weighted by Crippen LogP contribution is -2.22. The van der Waals surface area contributed by atoms with Gasteiger partial charge in [-0.25, -0.2) is 0 Å². The van der Waals surface area contributed by atoms with Crippen molar-refractivity contribution in [2.24, 2.45) is 0 Å². The van der Waals surface area contributed by atoms with Gasteiger partial charge in [-0.05, 0) is 36.7 Å². The summed E-state index contributed by atoms with van der Waals surface area (Å²) in [6.45, 7) is 3.08. The zero-order chi connectivity index (χ0) is 13.0. The summed E-state index contributed by atoms with van der Waals surface area (Å²) >= 11 is 11.3. The van der Waals surface area contributed by atoms with Crippen LogP contribution in [-0.4, -0.2) is 6.54 Å². The van der Waals surface area contributed by atoms with Crippen LogP contribution < -0.4 is 5.32 Å². The fourth-order valence-electron chi connectivity index (χ4n) is 1.92. The standard InChI is InChI=1S/C14H15BrClNS/c1-2-17-12(13-7-8-14(16)18-13)9-10-5-3-4-6-11(10)15/h3-8,12,17H,2,9H2,1H3. The second kappa shape index (κ2) is 6.71. The summed E-state index contributed by atoms with van der Waals surface area (Å²) in [5.74, 6) is 0. The van der Waals surface area contributed by atoms with Gasteiger partial charge in [0.15, 0.2) is 0 Å². The molecule has 0 radical (unpaired) electrons. The first-order chi connectivity index (χ1) is 8.70. The van der Waals surface area contributed by atoms with Gasteiger partial charge in [-0.3, -0.25) is 0 Å². The normalized spacial score (nSPS) is 12.6. The van der Waals surface area contributed by atoms with E-state index in [1.807, 2.05) is 12.1 Å². The average molecular weight is 345 g/mol. The Morgan fingerprint density at radius 3 is 2.67 bits per heavy atom. The van der Waals surface area contributed by atoms with E-state index in [4.69, 9.17) is 11.6 Å². The van der Waals surface area contributed by atoms with Crippen LogP contribution in [0.5, 0.6) is 0 Å². The molecule has 4 heteroatoms. The van der Waals surface area contributed by atoms with Gasteiger partial charge in [0.05, 0.1) is 4.34 Å². The molecule has 0 fully saturated rings. The van der Waals surface area contributed by atoms with E-state index in [9.17, 15) is 0 Å². The van der Waals surface area contributed by atoms with Gasteiger partial charge < -0.3 is 5.32 Å². The molecule has 0 aliphatic carbocycles. The number of benzene rings is 1. The smallest absolute Gasteiger partial charge is 0.0931 e. The monoisotopic (exact) mass is 343 g/mol. The van der Waals surface area contributed by atoms with Crippen molar-refractivity contribution in [3.05, 3.63) is 55.6 Å². The Hall–Kier alpha value is -0.350. The Labute approximate surface area is 125 Å². The third-order valence-corrected chi connectivity index (χ3v) is 4.89. The van der Waals surface area contributed by atoms with E-state index in [1.54, 1.807) is 11.3 Å². The van der Waals surface area contributed by atoms with Crippen LogP contribution in [0, 0.1) is 0 Å². The van der Waals surface area contributed by atoms with Crippen molar-refractivity contribution >= 4 is 38.9 Å². The van der Waals surface area contributed by atoms with Gasteiger partial charge in [0, 0.05) is 15.4 Å². The number of likely N-dealkylation sites (N-methyl/N-ethyl adjacent to an activating group) is 1. The molecule has 2 aromatic rings. The predicted octanol–water partition coefficient (Wildman–Crippen LogP) is 5.06. The number of thiophene rings is 1. The molecule has 2 rings (SSSR count). The summed E-state index contributed by atoms with van der Waals surface area (Å²) in [6, 6.07) is 12.8. The van der Waals surface area contributed by atoms with Crippen LogP contribution in [0.25, 0.3) is 0 Å². The Bertz CT molecular complexity index is 512.